The molecule has 0 aromatic heterocycles. The van der Waals surface area contributed by atoms with Gasteiger partial charge in [0.25, 0.3) is 0 Å². The van der Waals surface area contributed by atoms with E-state index in [-0.39, 0.29) is 0 Å². The van der Waals surface area contributed by atoms with Crippen LogP contribution in [0.4, 0.5) is 4.39 Å². The number of aryl methyl sites for hydroxylation is 1. The Hall–Kier alpha value is -1.42. The smallest absolute Gasteiger partial charge is 0.325 e. The second-order valence-electron chi connectivity index (χ2n) is 3.73. The van der Waals surface area contributed by atoms with Crippen molar-refractivity contribution in [1.82, 2.24) is 5.32 Å². The van der Waals surface area contributed by atoms with Crippen LogP contribution in [-0.2, 0) is 11.2 Å². The Bertz CT molecular complexity index is 417. The summed E-state index contributed by atoms with van der Waals surface area (Å²) in [5.41, 5.74) is 2.09. The van der Waals surface area contributed by atoms with Gasteiger partial charge in [-0.1, -0.05) is 6.07 Å². The highest BCUT2D eigenvalue weighted by molar-refractivity contribution is 5.77. The van der Waals surface area contributed by atoms with Crippen molar-refractivity contribution in [3.05, 3.63) is 34.6 Å². The van der Waals surface area contributed by atoms with Crippen LogP contribution >= 0.6 is 0 Å². The highest BCUT2D eigenvalue weighted by Gasteiger charge is 2.29. The lowest BCUT2D eigenvalue weighted by Crippen LogP contribution is -2.36. The Morgan fingerprint density at radius 3 is 3.00 bits per heavy atom. The predicted molar refractivity (Wildman–Crippen MR) is 53.2 cm³/mol. The molecular formula is C11H12FNO2. The van der Waals surface area contributed by atoms with E-state index in [0.29, 0.717) is 18.5 Å². The van der Waals surface area contributed by atoms with E-state index in [2.05, 4.69) is 5.32 Å². The lowest BCUT2D eigenvalue weighted by atomic mass is 9.90. The Morgan fingerprint density at radius 2 is 2.33 bits per heavy atom. The van der Waals surface area contributed by atoms with E-state index in [0.717, 1.165) is 11.1 Å². The number of halogens is 1. The molecule has 2 N–H and O–H groups in total. The first-order valence-corrected chi connectivity index (χ1v) is 4.85. The number of hydrogen-bond acceptors (Lipinski definition) is 2. The first-order valence-electron chi connectivity index (χ1n) is 4.85. The molecule has 2 rings (SSSR count). The predicted octanol–water partition coefficient (Wildman–Crippen LogP) is 1.41. The molecule has 1 atom stereocenters. The lowest BCUT2D eigenvalue weighted by Gasteiger charge is -2.25. The number of nitrogens with one attached hydrogen (secondary N) is 1. The van der Waals surface area contributed by atoms with Crippen LogP contribution in [0.2, 0.25) is 0 Å². The van der Waals surface area contributed by atoms with Crippen molar-refractivity contribution in [3.8, 4) is 0 Å². The molecule has 1 aliphatic rings. The fourth-order valence-electron chi connectivity index (χ4n) is 2.04. The van der Waals surface area contributed by atoms with Gasteiger partial charge in [0, 0.05) is 12.1 Å². The third-order valence-electron chi connectivity index (χ3n) is 2.80. The second kappa shape index (κ2) is 3.62. The zero-order valence-electron chi connectivity index (χ0n) is 8.38. The number of rotatable bonds is 1. The minimum atomic E-state index is -1.03. The third kappa shape index (κ3) is 1.61. The van der Waals surface area contributed by atoms with Gasteiger partial charge in [-0.2, -0.15) is 0 Å². The first kappa shape index (κ1) is 10.1. The van der Waals surface area contributed by atoms with Gasteiger partial charge in [-0.05, 0) is 30.5 Å². The summed E-state index contributed by atoms with van der Waals surface area (Å²) in [5, 5.41) is 11.8. The van der Waals surface area contributed by atoms with Crippen molar-refractivity contribution in [2.45, 2.75) is 19.4 Å². The number of carbonyl (C=O) groups is 1. The molecule has 0 amide bonds. The Kier molecular flexibility index (Phi) is 2.44. The molecule has 15 heavy (non-hydrogen) atoms. The molecule has 0 spiro atoms. The Morgan fingerprint density at radius 1 is 1.60 bits per heavy atom. The van der Waals surface area contributed by atoms with E-state index in [1.807, 2.05) is 6.92 Å². The van der Waals surface area contributed by atoms with E-state index < -0.39 is 17.8 Å². The van der Waals surface area contributed by atoms with Gasteiger partial charge in [-0.15, -0.1) is 0 Å². The maximum Gasteiger partial charge on any atom is 0.325 e. The average molecular weight is 209 g/mol. The largest absolute Gasteiger partial charge is 0.480 e. The minimum absolute atomic E-state index is 0.300. The van der Waals surface area contributed by atoms with Crippen LogP contribution in [0, 0.1) is 12.7 Å². The molecule has 1 aliphatic heterocycles. The Balaban J connectivity index is 2.59. The lowest BCUT2D eigenvalue weighted by molar-refractivity contribution is -0.139. The van der Waals surface area contributed by atoms with Gasteiger partial charge in [0.15, 0.2) is 0 Å². The summed E-state index contributed by atoms with van der Waals surface area (Å²) < 4.78 is 13.6. The van der Waals surface area contributed by atoms with Gasteiger partial charge in [0.2, 0.25) is 0 Å². The number of fused-ring (bicyclic) bond motifs is 1. The quantitative estimate of drug-likeness (QED) is 0.735. The molecule has 4 heteroatoms. The highest BCUT2D eigenvalue weighted by atomic mass is 19.1. The van der Waals surface area contributed by atoms with Gasteiger partial charge < -0.3 is 10.4 Å². The van der Waals surface area contributed by atoms with Crippen LogP contribution in [0.15, 0.2) is 12.1 Å². The molecule has 0 fully saturated rings. The molecule has 1 heterocycles. The van der Waals surface area contributed by atoms with Gasteiger partial charge >= 0.3 is 5.97 Å². The number of carboxylic acid groups (broad SMARTS) is 1. The number of carboxylic acids is 1. The van der Waals surface area contributed by atoms with Crippen molar-refractivity contribution in [2.24, 2.45) is 0 Å². The monoisotopic (exact) mass is 209 g/mol. The van der Waals surface area contributed by atoms with E-state index >= 15 is 0 Å². The topological polar surface area (TPSA) is 49.3 Å². The van der Waals surface area contributed by atoms with Gasteiger partial charge in [-0.3, -0.25) is 4.79 Å². The highest BCUT2D eigenvalue weighted by Crippen LogP contribution is 2.28. The molecule has 1 unspecified atom stereocenters. The molecular weight excluding hydrogens is 197 g/mol. The molecule has 0 bridgehead atoms. The summed E-state index contributed by atoms with van der Waals surface area (Å²) in [6, 6.07) is 2.11. The maximum absolute atomic E-state index is 13.6. The molecule has 80 valence electrons. The van der Waals surface area contributed by atoms with Crippen LogP contribution in [-0.4, -0.2) is 17.6 Å². The number of benzene rings is 1. The zero-order valence-corrected chi connectivity index (χ0v) is 8.38. The Labute approximate surface area is 86.9 Å². The number of aliphatic carboxylic acids is 1. The minimum Gasteiger partial charge on any atom is -0.480 e. The van der Waals surface area contributed by atoms with Crippen molar-refractivity contribution in [1.29, 1.82) is 0 Å². The van der Waals surface area contributed by atoms with Crippen LogP contribution < -0.4 is 5.32 Å². The molecule has 0 radical (unpaired) electrons. The molecule has 1 aromatic carbocycles. The molecule has 1 aromatic rings. The summed E-state index contributed by atoms with van der Waals surface area (Å²) in [6.45, 7) is 2.46. The summed E-state index contributed by atoms with van der Waals surface area (Å²) in [7, 11) is 0. The van der Waals surface area contributed by atoms with Crippen molar-refractivity contribution in [2.75, 3.05) is 6.54 Å². The van der Waals surface area contributed by atoms with Crippen molar-refractivity contribution < 1.29 is 14.3 Å². The third-order valence-corrected chi connectivity index (χ3v) is 2.80. The van der Waals surface area contributed by atoms with Gasteiger partial charge in [0.05, 0.1) is 0 Å². The SMILES string of the molecule is Cc1ccc(F)c2c1CCNC2C(=O)O. The average Bonchev–Trinajstić information content (AvgIpc) is 2.23. The standard InChI is InChI=1S/C11H12FNO2/c1-6-2-3-8(12)9-7(6)4-5-13-10(9)11(14)15/h2-3,10,13H,4-5H2,1H3,(H,14,15). The maximum atomic E-state index is 13.6. The van der Waals surface area contributed by atoms with Gasteiger partial charge in [0.1, 0.15) is 11.9 Å². The number of hydrogen-bond donors (Lipinski definition) is 2. The molecule has 0 aliphatic carbocycles. The van der Waals surface area contributed by atoms with E-state index in [4.69, 9.17) is 5.11 Å². The summed E-state index contributed by atoms with van der Waals surface area (Å²) in [4.78, 5) is 11.0. The summed E-state index contributed by atoms with van der Waals surface area (Å²) in [6.07, 6.45) is 0.683. The van der Waals surface area contributed by atoms with E-state index in [1.165, 1.54) is 6.07 Å². The van der Waals surface area contributed by atoms with Crippen LogP contribution in [0.1, 0.15) is 22.7 Å². The normalized spacial score (nSPS) is 19.7. The van der Waals surface area contributed by atoms with Crippen LogP contribution in [0.5, 0.6) is 0 Å². The fraction of sp³-hybridized carbons (Fsp3) is 0.364. The second-order valence-corrected chi connectivity index (χ2v) is 3.73. The molecule has 0 saturated heterocycles. The summed E-state index contributed by atoms with van der Waals surface area (Å²) >= 11 is 0. The fourth-order valence-corrected chi connectivity index (χ4v) is 2.04. The molecule has 0 saturated carbocycles. The first-order chi connectivity index (χ1) is 7.11. The van der Waals surface area contributed by atoms with Gasteiger partial charge in [-0.25, -0.2) is 4.39 Å². The van der Waals surface area contributed by atoms with E-state index in [1.54, 1.807) is 6.07 Å². The molecule has 3 nitrogen and oxygen atoms in total. The summed E-state index contributed by atoms with van der Waals surface area (Å²) in [5.74, 6) is -1.46. The van der Waals surface area contributed by atoms with Crippen molar-refractivity contribution >= 4 is 5.97 Å². The van der Waals surface area contributed by atoms with E-state index in [9.17, 15) is 9.18 Å². The van der Waals surface area contributed by atoms with Crippen molar-refractivity contribution in [3.63, 3.8) is 0 Å². The van der Waals surface area contributed by atoms with Crippen LogP contribution in [0.25, 0.3) is 0 Å². The van der Waals surface area contributed by atoms with Crippen LogP contribution in [0.3, 0.4) is 0 Å². The zero-order chi connectivity index (χ0) is 11.0.